The molecule has 0 rings (SSSR count). The molecule has 29 heavy (non-hydrogen) atoms. The van der Waals surface area contributed by atoms with Crippen LogP contribution in [0.25, 0.3) is 0 Å². The Balaban J connectivity index is 5.20. The van der Waals surface area contributed by atoms with Crippen LogP contribution in [0.1, 0.15) is 41.0 Å². The first kappa shape index (κ1) is 26.8. The second-order valence-electron chi connectivity index (χ2n) is 7.45. The number of hydrogen-bond acceptors (Lipinski definition) is 7. The third-order valence-electron chi connectivity index (χ3n) is 4.67. The molecule has 0 saturated carbocycles. The van der Waals surface area contributed by atoms with Crippen LogP contribution in [0.4, 0.5) is 0 Å². The Morgan fingerprint density at radius 3 is 1.79 bits per heavy atom. The number of hydrogen-bond donors (Lipinski definition) is 7. The molecule has 0 radical (unpaired) electrons. The van der Waals surface area contributed by atoms with Crippen molar-refractivity contribution >= 4 is 23.7 Å². The maximum Gasteiger partial charge on any atom is 0.326 e. The van der Waals surface area contributed by atoms with Gasteiger partial charge in [0.25, 0.3) is 0 Å². The van der Waals surface area contributed by atoms with E-state index in [0.717, 1.165) is 0 Å². The van der Waals surface area contributed by atoms with E-state index in [1.54, 1.807) is 20.8 Å². The monoisotopic (exact) mass is 418 g/mol. The van der Waals surface area contributed by atoms with Crippen molar-refractivity contribution in [3.8, 4) is 0 Å². The minimum Gasteiger partial charge on any atom is -0.480 e. The van der Waals surface area contributed by atoms with Gasteiger partial charge >= 0.3 is 5.97 Å². The van der Waals surface area contributed by atoms with Gasteiger partial charge in [-0.3, -0.25) is 14.4 Å². The normalized spacial score (nSPS) is 17.4. The molecule has 0 heterocycles. The summed E-state index contributed by atoms with van der Waals surface area (Å²) in [6.45, 7) is 7.25. The summed E-state index contributed by atoms with van der Waals surface area (Å²) in [6.07, 6.45) is -0.680. The average molecular weight is 418 g/mol. The smallest absolute Gasteiger partial charge is 0.326 e. The lowest BCUT2D eigenvalue weighted by Gasteiger charge is -2.27. The van der Waals surface area contributed by atoms with Crippen LogP contribution in [0.3, 0.4) is 0 Å². The molecule has 3 amide bonds. The van der Waals surface area contributed by atoms with Gasteiger partial charge in [0.15, 0.2) is 0 Å². The predicted octanol–water partition coefficient (Wildman–Crippen LogP) is -2.07. The molecule has 11 heteroatoms. The van der Waals surface area contributed by atoms with Crippen molar-refractivity contribution in [2.75, 3.05) is 6.61 Å². The first-order valence-corrected chi connectivity index (χ1v) is 9.55. The van der Waals surface area contributed by atoms with Gasteiger partial charge in [0, 0.05) is 0 Å². The number of amides is 3. The van der Waals surface area contributed by atoms with E-state index in [2.05, 4.69) is 16.0 Å². The van der Waals surface area contributed by atoms with E-state index >= 15 is 0 Å². The summed E-state index contributed by atoms with van der Waals surface area (Å²) in [7, 11) is 0. The van der Waals surface area contributed by atoms with Gasteiger partial charge in [0.2, 0.25) is 17.7 Å². The number of nitrogens with one attached hydrogen (secondary N) is 3. The van der Waals surface area contributed by atoms with Crippen LogP contribution in [-0.2, 0) is 19.2 Å². The molecule has 0 saturated heterocycles. The van der Waals surface area contributed by atoms with Crippen LogP contribution in [0.15, 0.2) is 0 Å². The number of rotatable bonds is 12. The fourth-order valence-corrected chi connectivity index (χ4v) is 2.39. The number of carbonyl (C=O) groups is 4. The number of carboxylic acid groups (broad SMARTS) is 1. The topological polar surface area (TPSA) is 191 Å². The summed E-state index contributed by atoms with van der Waals surface area (Å²) in [5.41, 5.74) is 5.82. The highest BCUT2D eigenvalue weighted by molar-refractivity contribution is 5.94. The van der Waals surface area contributed by atoms with Crippen molar-refractivity contribution in [3.63, 3.8) is 0 Å². The van der Waals surface area contributed by atoms with Gasteiger partial charge in [-0.25, -0.2) is 4.79 Å². The molecule has 8 N–H and O–H groups in total. The zero-order valence-electron chi connectivity index (χ0n) is 17.5. The molecular weight excluding hydrogens is 384 g/mol. The molecular formula is C18H34N4O7. The van der Waals surface area contributed by atoms with Crippen LogP contribution in [0.2, 0.25) is 0 Å². The fraction of sp³-hybridized carbons (Fsp3) is 0.778. The van der Waals surface area contributed by atoms with Crippen molar-refractivity contribution in [1.29, 1.82) is 0 Å². The molecule has 0 aliphatic rings. The third kappa shape index (κ3) is 8.34. The molecule has 0 aliphatic carbocycles. The molecule has 0 aliphatic heterocycles. The minimum absolute atomic E-state index is 0.160. The van der Waals surface area contributed by atoms with Gasteiger partial charge in [-0.1, -0.05) is 34.1 Å². The van der Waals surface area contributed by atoms with Gasteiger partial charge in [-0.15, -0.1) is 0 Å². The zero-order chi connectivity index (χ0) is 22.9. The molecule has 6 atom stereocenters. The summed E-state index contributed by atoms with van der Waals surface area (Å²) >= 11 is 0. The number of aliphatic hydroxyl groups is 2. The van der Waals surface area contributed by atoms with Gasteiger partial charge in [0.05, 0.1) is 18.8 Å². The Kier molecular flexibility index (Phi) is 11.4. The second-order valence-corrected chi connectivity index (χ2v) is 7.45. The maximum absolute atomic E-state index is 12.5. The molecule has 168 valence electrons. The molecule has 6 unspecified atom stereocenters. The Labute approximate surface area is 170 Å². The quantitative estimate of drug-likeness (QED) is 0.188. The highest BCUT2D eigenvalue weighted by Gasteiger charge is 2.33. The van der Waals surface area contributed by atoms with E-state index in [4.69, 9.17) is 10.8 Å². The molecule has 0 bridgehead atoms. The summed E-state index contributed by atoms with van der Waals surface area (Å²) in [4.78, 5) is 48.2. The molecule has 0 aromatic rings. The third-order valence-corrected chi connectivity index (χ3v) is 4.67. The average Bonchev–Trinajstić information content (AvgIpc) is 2.65. The van der Waals surface area contributed by atoms with E-state index < -0.39 is 66.5 Å². The van der Waals surface area contributed by atoms with Crippen molar-refractivity contribution in [1.82, 2.24) is 16.0 Å². The fourth-order valence-electron chi connectivity index (χ4n) is 2.39. The van der Waals surface area contributed by atoms with E-state index in [1.807, 2.05) is 6.92 Å². The van der Waals surface area contributed by atoms with Gasteiger partial charge < -0.3 is 37.0 Å². The number of nitrogens with two attached hydrogens (primary N) is 1. The maximum atomic E-state index is 12.5. The van der Waals surface area contributed by atoms with Crippen LogP contribution < -0.4 is 21.7 Å². The predicted molar refractivity (Wildman–Crippen MR) is 104 cm³/mol. The minimum atomic E-state index is -1.47. The Morgan fingerprint density at radius 1 is 0.897 bits per heavy atom. The lowest BCUT2D eigenvalue weighted by molar-refractivity contribution is -0.144. The first-order valence-electron chi connectivity index (χ1n) is 9.55. The molecule has 0 aromatic heterocycles. The van der Waals surface area contributed by atoms with E-state index in [-0.39, 0.29) is 5.92 Å². The van der Waals surface area contributed by atoms with E-state index in [0.29, 0.717) is 6.42 Å². The molecule has 0 aromatic carbocycles. The molecule has 11 nitrogen and oxygen atoms in total. The van der Waals surface area contributed by atoms with Crippen molar-refractivity contribution in [2.45, 2.75) is 71.3 Å². The van der Waals surface area contributed by atoms with Gasteiger partial charge in [-0.05, 0) is 18.8 Å². The van der Waals surface area contributed by atoms with Crippen molar-refractivity contribution < 1.29 is 34.5 Å². The SMILES string of the molecule is CCC(C)C(N)C(=O)NC(C(=O)NC(CO)C(=O)NC(C(=O)O)C(C)C)C(C)O. The summed E-state index contributed by atoms with van der Waals surface area (Å²) in [6, 6.07) is -4.99. The van der Waals surface area contributed by atoms with Crippen LogP contribution >= 0.6 is 0 Å². The summed E-state index contributed by atoms with van der Waals surface area (Å²) in [5, 5.41) is 35.2. The summed E-state index contributed by atoms with van der Waals surface area (Å²) in [5.74, 6) is -4.32. The van der Waals surface area contributed by atoms with Crippen LogP contribution in [0, 0.1) is 11.8 Å². The number of aliphatic hydroxyl groups excluding tert-OH is 2. The van der Waals surface area contributed by atoms with Gasteiger partial charge in [0.1, 0.15) is 18.1 Å². The lowest BCUT2D eigenvalue weighted by Crippen LogP contribution is -2.61. The van der Waals surface area contributed by atoms with Crippen molar-refractivity contribution in [2.24, 2.45) is 17.6 Å². The van der Waals surface area contributed by atoms with Crippen LogP contribution in [0.5, 0.6) is 0 Å². The Bertz CT molecular complexity index is 583. The molecule has 0 fully saturated rings. The highest BCUT2D eigenvalue weighted by Crippen LogP contribution is 2.07. The second kappa shape index (κ2) is 12.3. The number of carboxylic acids is 1. The lowest BCUT2D eigenvalue weighted by atomic mass is 9.98. The molecule has 0 spiro atoms. The Morgan fingerprint density at radius 2 is 1.41 bits per heavy atom. The largest absolute Gasteiger partial charge is 0.480 e. The Hall–Kier alpha value is -2.24. The number of aliphatic carboxylic acids is 1. The van der Waals surface area contributed by atoms with Gasteiger partial charge in [-0.2, -0.15) is 0 Å². The standard InChI is InChI=1S/C18H34N4O7/c1-6-9(4)12(19)16(26)22-14(10(5)24)17(27)20-11(7-23)15(25)21-13(8(2)3)18(28)29/h8-14,23-24H,6-7,19H2,1-5H3,(H,20,27)(H,21,25)(H,22,26)(H,28,29). The highest BCUT2D eigenvalue weighted by atomic mass is 16.4. The number of carbonyl (C=O) groups excluding carboxylic acids is 3. The zero-order valence-corrected chi connectivity index (χ0v) is 17.5. The van der Waals surface area contributed by atoms with E-state index in [9.17, 15) is 29.4 Å². The first-order chi connectivity index (χ1) is 13.4. The van der Waals surface area contributed by atoms with Crippen molar-refractivity contribution in [3.05, 3.63) is 0 Å². The summed E-state index contributed by atoms with van der Waals surface area (Å²) < 4.78 is 0. The van der Waals surface area contributed by atoms with E-state index in [1.165, 1.54) is 6.92 Å². The van der Waals surface area contributed by atoms with Crippen LogP contribution in [-0.4, -0.2) is 75.9 Å².